The highest BCUT2D eigenvalue weighted by Gasteiger charge is 2.13. The number of carbonyl (C=O) groups is 2. The summed E-state index contributed by atoms with van der Waals surface area (Å²) < 4.78 is 0. The lowest BCUT2D eigenvalue weighted by atomic mass is 10.1. The molecule has 86 valence electrons. The van der Waals surface area contributed by atoms with Gasteiger partial charge in [-0.15, -0.1) is 0 Å². The van der Waals surface area contributed by atoms with Gasteiger partial charge in [0.2, 0.25) is 5.91 Å². The number of nitrogens with one attached hydrogen (secondary N) is 1. The van der Waals surface area contributed by atoms with Crippen LogP contribution >= 0.6 is 0 Å². The van der Waals surface area contributed by atoms with Crippen molar-refractivity contribution in [3.8, 4) is 0 Å². The third kappa shape index (κ3) is 2.82. The molecule has 3 N–H and O–H groups in total. The van der Waals surface area contributed by atoms with E-state index in [0.29, 0.717) is 11.3 Å². The van der Waals surface area contributed by atoms with Gasteiger partial charge in [0.1, 0.15) is 0 Å². The zero-order valence-corrected chi connectivity index (χ0v) is 9.49. The van der Waals surface area contributed by atoms with Crippen molar-refractivity contribution in [3.63, 3.8) is 0 Å². The molecule has 4 heteroatoms. The van der Waals surface area contributed by atoms with E-state index in [9.17, 15) is 9.59 Å². The number of para-hydroxylation sites is 1. The Hall–Kier alpha value is -1.84. The summed E-state index contributed by atoms with van der Waals surface area (Å²) in [7, 11) is 0. The first kappa shape index (κ1) is 12.2. The van der Waals surface area contributed by atoms with Gasteiger partial charge in [0.05, 0.1) is 11.3 Å². The molecule has 1 rings (SSSR count). The quantitative estimate of drug-likeness (QED) is 0.811. The smallest absolute Gasteiger partial charge is 0.250 e. The molecule has 0 aromatic heterocycles. The van der Waals surface area contributed by atoms with Crippen molar-refractivity contribution >= 4 is 17.5 Å². The summed E-state index contributed by atoms with van der Waals surface area (Å²) in [6, 6.07) is 6.71. The zero-order chi connectivity index (χ0) is 12.1. The molecule has 0 bridgehead atoms. The fourth-order valence-electron chi connectivity index (χ4n) is 1.25. The van der Waals surface area contributed by atoms with Crippen LogP contribution < -0.4 is 11.1 Å². The van der Waals surface area contributed by atoms with Crippen molar-refractivity contribution in [1.82, 2.24) is 0 Å². The van der Waals surface area contributed by atoms with Gasteiger partial charge in [0, 0.05) is 5.92 Å². The molecule has 1 aromatic carbocycles. The summed E-state index contributed by atoms with van der Waals surface area (Å²) in [6.45, 7) is 3.77. The maximum absolute atomic E-state index is 11.7. The SMILES string of the molecule is CC[C@H](C)C(=O)Nc1ccccc1C(N)=O. The van der Waals surface area contributed by atoms with Gasteiger partial charge < -0.3 is 11.1 Å². The molecule has 0 radical (unpaired) electrons. The number of nitrogens with two attached hydrogens (primary N) is 1. The molecule has 0 fully saturated rings. The lowest BCUT2D eigenvalue weighted by Crippen LogP contribution is -2.22. The molecule has 1 aromatic rings. The molecule has 16 heavy (non-hydrogen) atoms. The van der Waals surface area contributed by atoms with Crippen LogP contribution in [0.15, 0.2) is 24.3 Å². The molecule has 4 nitrogen and oxygen atoms in total. The lowest BCUT2D eigenvalue weighted by molar-refractivity contribution is -0.119. The Labute approximate surface area is 94.8 Å². The summed E-state index contributed by atoms with van der Waals surface area (Å²) in [5, 5.41) is 2.70. The predicted octanol–water partition coefficient (Wildman–Crippen LogP) is 1.77. The van der Waals surface area contributed by atoms with Gasteiger partial charge in [0.25, 0.3) is 5.91 Å². The number of carbonyl (C=O) groups excluding carboxylic acids is 2. The van der Waals surface area contributed by atoms with Crippen LogP contribution in [0.3, 0.4) is 0 Å². The average Bonchev–Trinajstić information content (AvgIpc) is 2.28. The standard InChI is InChI=1S/C12H16N2O2/c1-3-8(2)12(16)14-10-7-5-4-6-9(10)11(13)15/h4-8H,3H2,1-2H3,(H2,13,15)(H,14,16)/t8-/m0/s1. The van der Waals surface area contributed by atoms with E-state index in [1.54, 1.807) is 24.3 Å². The van der Waals surface area contributed by atoms with Gasteiger partial charge in [-0.3, -0.25) is 9.59 Å². The second-order valence-corrected chi connectivity index (χ2v) is 3.71. The van der Waals surface area contributed by atoms with Crippen molar-refractivity contribution in [2.45, 2.75) is 20.3 Å². The van der Waals surface area contributed by atoms with Crippen LogP contribution in [0, 0.1) is 5.92 Å². The molecule has 2 amide bonds. The van der Waals surface area contributed by atoms with E-state index in [1.165, 1.54) is 0 Å². The van der Waals surface area contributed by atoms with Crippen molar-refractivity contribution in [3.05, 3.63) is 29.8 Å². The predicted molar refractivity (Wildman–Crippen MR) is 63.0 cm³/mol. The number of anilines is 1. The first-order chi connectivity index (χ1) is 7.56. The number of hydrogen-bond acceptors (Lipinski definition) is 2. The normalized spacial score (nSPS) is 11.9. The summed E-state index contributed by atoms with van der Waals surface area (Å²) in [6.07, 6.45) is 0.755. The molecule has 0 aliphatic rings. The van der Waals surface area contributed by atoms with Gasteiger partial charge in [0.15, 0.2) is 0 Å². The first-order valence-electron chi connectivity index (χ1n) is 5.26. The minimum atomic E-state index is -0.542. The molecular weight excluding hydrogens is 204 g/mol. The molecule has 1 atom stereocenters. The highest BCUT2D eigenvalue weighted by atomic mass is 16.2. The Kier molecular flexibility index (Phi) is 4.05. The molecule has 0 saturated heterocycles. The fraction of sp³-hybridized carbons (Fsp3) is 0.333. The van der Waals surface area contributed by atoms with Gasteiger partial charge in [-0.2, -0.15) is 0 Å². The van der Waals surface area contributed by atoms with E-state index in [2.05, 4.69) is 5.32 Å². The number of primary amides is 1. The van der Waals surface area contributed by atoms with Crippen LogP contribution in [0.1, 0.15) is 30.6 Å². The van der Waals surface area contributed by atoms with Gasteiger partial charge in [-0.05, 0) is 18.6 Å². The fourth-order valence-corrected chi connectivity index (χ4v) is 1.25. The Morgan fingerprint density at radius 3 is 2.56 bits per heavy atom. The largest absolute Gasteiger partial charge is 0.366 e. The number of rotatable bonds is 4. The highest BCUT2D eigenvalue weighted by molar-refractivity contribution is 6.03. The molecule has 0 aliphatic heterocycles. The molecular formula is C12H16N2O2. The van der Waals surface area contributed by atoms with E-state index in [4.69, 9.17) is 5.73 Å². The van der Waals surface area contributed by atoms with E-state index < -0.39 is 5.91 Å². The topological polar surface area (TPSA) is 72.2 Å². The maximum Gasteiger partial charge on any atom is 0.250 e. The van der Waals surface area contributed by atoms with Crippen LogP contribution in [-0.2, 0) is 4.79 Å². The molecule has 0 unspecified atom stereocenters. The van der Waals surface area contributed by atoms with E-state index >= 15 is 0 Å². The molecule has 0 aliphatic carbocycles. The van der Waals surface area contributed by atoms with Crippen LogP contribution in [0.5, 0.6) is 0 Å². The Bertz CT molecular complexity index is 402. The van der Waals surface area contributed by atoms with E-state index in [-0.39, 0.29) is 11.8 Å². The summed E-state index contributed by atoms with van der Waals surface area (Å²) in [4.78, 5) is 22.8. The highest BCUT2D eigenvalue weighted by Crippen LogP contribution is 2.15. The number of benzene rings is 1. The van der Waals surface area contributed by atoms with Crippen LogP contribution in [0.4, 0.5) is 5.69 Å². The minimum Gasteiger partial charge on any atom is -0.366 e. The van der Waals surface area contributed by atoms with E-state index in [1.807, 2.05) is 13.8 Å². The van der Waals surface area contributed by atoms with Gasteiger partial charge in [-0.1, -0.05) is 26.0 Å². The van der Waals surface area contributed by atoms with Crippen LogP contribution in [-0.4, -0.2) is 11.8 Å². The molecule has 0 heterocycles. The lowest BCUT2D eigenvalue weighted by Gasteiger charge is -2.12. The summed E-state index contributed by atoms with van der Waals surface area (Å²) >= 11 is 0. The van der Waals surface area contributed by atoms with E-state index in [0.717, 1.165) is 6.42 Å². The number of amides is 2. The van der Waals surface area contributed by atoms with Crippen LogP contribution in [0.2, 0.25) is 0 Å². The van der Waals surface area contributed by atoms with Gasteiger partial charge >= 0.3 is 0 Å². The third-order valence-electron chi connectivity index (χ3n) is 2.51. The van der Waals surface area contributed by atoms with Crippen molar-refractivity contribution < 1.29 is 9.59 Å². The second kappa shape index (κ2) is 5.30. The summed E-state index contributed by atoms with van der Waals surface area (Å²) in [5.41, 5.74) is 6.01. The first-order valence-corrected chi connectivity index (χ1v) is 5.26. The van der Waals surface area contributed by atoms with Gasteiger partial charge in [-0.25, -0.2) is 0 Å². The monoisotopic (exact) mass is 220 g/mol. The Morgan fingerprint density at radius 2 is 2.00 bits per heavy atom. The van der Waals surface area contributed by atoms with Crippen molar-refractivity contribution in [2.75, 3.05) is 5.32 Å². The van der Waals surface area contributed by atoms with Crippen molar-refractivity contribution in [2.24, 2.45) is 11.7 Å². The maximum atomic E-state index is 11.7. The van der Waals surface area contributed by atoms with Crippen LogP contribution in [0.25, 0.3) is 0 Å². The Balaban J connectivity index is 2.89. The number of hydrogen-bond donors (Lipinski definition) is 2. The zero-order valence-electron chi connectivity index (χ0n) is 9.49. The molecule has 0 spiro atoms. The second-order valence-electron chi connectivity index (χ2n) is 3.71. The molecule has 0 saturated carbocycles. The Morgan fingerprint density at radius 1 is 1.38 bits per heavy atom. The minimum absolute atomic E-state index is 0.0825. The van der Waals surface area contributed by atoms with Crippen molar-refractivity contribution in [1.29, 1.82) is 0 Å². The third-order valence-corrected chi connectivity index (χ3v) is 2.51. The summed E-state index contributed by atoms with van der Waals surface area (Å²) in [5.74, 6) is -0.725. The average molecular weight is 220 g/mol.